The SMILES string of the molecule is Cc1cc(N(C)c2ccc(-c3c(CC45CC6(C)CC(CC(C)(C6)C4)C5OC(N)CCCCCCO)n[nH]c3C)c(C(=O)O)n2)nnc1Nc1nc2ccccc2s1. The lowest BCUT2D eigenvalue weighted by Crippen LogP contribution is -2.64. The van der Waals surface area contributed by atoms with E-state index in [1.165, 1.54) is 6.42 Å². The summed E-state index contributed by atoms with van der Waals surface area (Å²) >= 11 is 1.55. The molecule has 4 aromatic heterocycles. The van der Waals surface area contributed by atoms with Crippen molar-refractivity contribution in [3.8, 4) is 11.1 Å². The van der Waals surface area contributed by atoms with Crippen LogP contribution < -0.4 is 16.0 Å². The van der Waals surface area contributed by atoms with E-state index in [4.69, 9.17) is 20.6 Å². The fourth-order valence-corrected chi connectivity index (χ4v) is 12.1. The smallest absolute Gasteiger partial charge is 0.355 e. The Labute approximate surface area is 337 Å². The third-order valence-electron chi connectivity index (χ3n) is 12.7. The molecule has 4 atom stereocenters. The molecule has 0 amide bonds. The van der Waals surface area contributed by atoms with Crippen LogP contribution in [-0.2, 0) is 11.2 Å². The number of carboxylic acid groups (broad SMARTS) is 1. The van der Waals surface area contributed by atoms with Crippen LogP contribution in [0.25, 0.3) is 21.3 Å². The molecule has 5 aromatic rings. The molecule has 0 aliphatic heterocycles. The van der Waals surface area contributed by atoms with Crippen molar-refractivity contribution in [3.63, 3.8) is 0 Å². The van der Waals surface area contributed by atoms with Crippen LogP contribution in [0.3, 0.4) is 0 Å². The second-order valence-corrected chi connectivity index (χ2v) is 18.9. The van der Waals surface area contributed by atoms with Crippen LogP contribution in [0.5, 0.6) is 0 Å². The Bertz CT molecular complexity index is 2220. The number of ether oxygens (including phenoxy) is 1. The number of pyridine rings is 1. The molecule has 13 nitrogen and oxygen atoms in total. The van der Waals surface area contributed by atoms with Crippen molar-refractivity contribution in [1.82, 2.24) is 30.4 Å². The van der Waals surface area contributed by atoms with Gasteiger partial charge in [-0.1, -0.05) is 50.2 Å². The number of aliphatic hydroxyl groups is 1. The molecule has 0 saturated heterocycles. The Morgan fingerprint density at radius 1 is 1.04 bits per heavy atom. The van der Waals surface area contributed by atoms with E-state index in [9.17, 15) is 15.0 Å². The molecule has 302 valence electrons. The van der Waals surface area contributed by atoms with Crippen molar-refractivity contribution in [2.75, 3.05) is 23.9 Å². The maximum Gasteiger partial charge on any atom is 0.355 e. The molecule has 4 saturated carbocycles. The summed E-state index contributed by atoms with van der Waals surface area (Å²) in [6, 6.07) is 13.5. The highest BCUT2D eigenvalue weighted by molar-refractivity contribution is 7.22. The number of aromatic carboxylic acids is 1. The van der Waals surface area contributed by atoms with E-state index in [1.807, 2.05) is 56.3 Å². The number of hydrogen-bond acceptors (Lipinski definition) is 12. The molecule has 4 fully saturated rings. The Kier molecular flexibility index (Phi) is 10.6. The number of unbranched alkanes of at least 4 members (excludes halogenated alkanes) is 3. The molecule has 9 rings (SSSR count). The first-order valence-corrected chi connectivity index (χ1v) is 21.1. The molecule has 4 bridgehead atoms. The van der Waals surface area contributed by atoms with Crippen LogP contribution in [0.15, 0.2) is 42.5 Å². The standard InChI is InChI=1S/C43H55N9O4S/c1-25-18-34(50-51-38(25)47-40-45-29-12-9-10-13-31(29)57-40)52(5)33-16-15-28(36(46-33)39(54)55)35-26(2)48-49-30(35)21-43-23-41(3)19-27(20-42(4,22-41)24-43)37(43)56-32(44)14-8-6-7-11-17-53/h9-10,12-13,15-16,18,27,32,37,53H,6-8,11,14,17,19-24,44H2,1-5H3,(H,48,49)(H,54,55)(H,45,47,51). The number of aromatic amines is 1. The normalized spacial score (nSPS) is 25.6. The number of nitrogens with one attached hydrogen (secondary N) is 2. The number of rotatable bonds is 16. The van der Waals surface area contributed by atoms with Crippen LogP contribution in [-0.4, -0.2) is 72.5 Å². The summed E-state index contributed by atoms with van der Waals surface area (Å²) in [6.07, 6.45) is 10.4. The quantitative estimate of drug-likeness (QED) is 0.0474. The average molecular weight is 794 g/mol. The van der Waals surface area contributed by atoms with Gasteiger partial charge in [-0.15, -0.1) is 10.2 Å². The Balaban J connectivity index is 1.06. The van der Waals surface area contributed by atoms with Crippen LogP contribution in [0, 0.1) is 36.0 Å². The fourth-order valence-electron chi connectivity index (χ4n) is 11.2. The zero-order chi connectivity index (χ0) is 40.1. The van der Waals surface area contributed by atoms with Gasteiger partial charge < -0.3 is 30.9 Å². The number of nitrogens with zero attached hydrogens (tertiary/aromatic N) is 6. The number of fused-ring (bicyclic) bond motifs is 1. The highest BCUT2D eigenvalue weighted by Crippen LogP contribution is 2.71. The third kappa shape index (κ3) is 7.76. The summed E-state index contributed by atoms with van der Waals surface area (Å²) in [5, 5.41) is 40.8. The molecule has 0 radical (unpaired) electrons. The number of aliphatic hydroxyl groups excluding tert-OH is 1. The summed E-state index contributed by atoms with van der Waals surface area (Å²) < 4.78 is 8.00. The number of nitrogens with two attached hydrogens (primary N) is 1. The minimum Gasteiger partial charge on any atom is -0.476 e. The summed E-state index contributed by atoms with van der Waals surface area (Å²) in [6.45, 7) is 9.00. The van der Waals surface area contributed by atoms with Crippen molar-refractivity contribution in [1.29, 1.82) is 0 Å². The second kappa shape index (κ2) is 15.3. The molecular formula is C43H55N9O4S. The van der Waals surface area contributed by atoms with Gasteiger partial charge in [0, 0.05) is 42.3 Å². The Hall–Kier alpha value is -4.50. The average Bonchev–Trinajstić information content (AvgIpc) is 3.74. The van der Waals surface area contributed by atoms with Gasteiger partial charge in [0.1, 0.15) is 12.0 Å². The predicted molar refractivity (Wildman–Crippen MR) is 223 cm³/mol. The highest BCUT2D eigenvalue weighted by Gasteiger charge is 2.65. The summed E-state index contributed by atoms with van der Waals surface area (Å²) in [5.41, 5.74) is 11.6. The fraction of sp³-hybridized carbons (Fsp3) is 0.535. The molecule has 0 spiro atoms. The largest absolute Gasteiger partial charge is 0.476 e. The van der Waals surface area contributed by atoms with Gasteiger partial charge in [-0.2, -0.15) is 5.10 Å². The number of H-pyrrole nitrogens is 1. The van der Waals surface area contributed by atoms with Crippen LogP contribution in [0.1, 0.15) is 105 Å². The number of benzene rings is 1. The topological polar surface area (TPSA) is 188 Å². The maximum absolute atomic E-state index is 13.0. The summed E-state index contributed by atoms with van der Waals surface area (Å²) in [5.74, 6) is 0.841. The van der Waals surface area contributed by atoms with Crippen molar-refractivity contribution >= 4 is 50.1 Å². The molecule has 57 heavy (non-hydrogen) atoms. The van der Waals surface area contributed by atoms with Crippen LogP contribution in [0.2, 0.25) is 0 Å². The van der Waals surface area contributed by atoms with Crippen molar-refractivity contribution in [2.24, 2.45) is 27.9 Å². The van der Waals surface area contributed by atoms with Crippen molar-refractivity contribution in [2.45, 2.75) is 111 Å². The predicted octanol–water partition coefficient (Wildman–Crippen LogP) is 8.46. The van der Waals surface area contributed by atoms with E-state index in [2.05, 4.69) is 39.4 Å². The maximum atomic E-state index is 13.0. The lowest BCUT2D eigenvalue weighted by atomic mass is 9.38. The first kappa shape index (κ1) is 39.3. The van der Waals surface area contributed by atoms with Crippen molar-refractivity contribution < 1.29 is 19.7 Å². The van der Waals surface area contributed by atoms with Crippen LogP contribution in [0.4, 0.5) is 22.6 Å². The molecular weight excluding hydrogens is 739 g/mol. The lowest BCUT2D eigenvalue weighted by Gasteiger charge is -2.68. The van der Waals surface area contributed by atoms with E-state index < -0.39 is 5.97 Å². The number of anilines is 4. The minimum atomic E-state index is -1.12. The number of aromatic nitrogens is 6. The Morgan fingerprint density at radius 3 is 2.51 bits per heavy atom. The van der Waals surface area contributed by atoms with Gasteiger partial charge in [0.25, 0.3) is 0 Å². The van der Waals surface area contributed by atoms with E-state index in [0.717, 1.165) is 95.7 Å². The van der Waals surface area contributed by atoms with Gasteiger partial charge in [0.2, 0.25) is 0 Å². The number of para-hydroxylation sites is 1. The second-order valence-electron chi connectivity index (χ2n) is 17.8. The zero-order valence-electron chi connectivity index (χ0n) is 33.6. The van der Waals surface area contributed by atoms with E-state index in [1.54, 1.807) is 23.3 Å². The molecule has 1 aromatic carbocycles. The first-order chi connectivity index (χ1) is 27.3. The van der Waals surface area contributed by atoms with Gasteiger partial charge in [0.15, 0.2) is 22.5 Å². The molecule has 4 unspecified atom stereocenters. The number of aryl methyl sites for hydroxylation is 2. The van der Waals surface area contributed by atoms with E-state index in [-0.39, 0.29) is 40.9 Å². The van der Waals surface area contributed by atoms with Crippen LogP contribution >= 0.6 is 11.3 Å². The summed E-state index contributed by atoms with van der Waals surface area (Å²) in [7, 11) is 1.81. The molecule has 4 heterocycles. The van der Waals surface area contributed by atoms with Gasteiger partial charge >= 0.3 is 5.97 Å². The molecule has 4 aliphatic rings. The van der Waals surface area contributed by atoms with Gasteiger partial charge in [0.05, 0.1) is 22.0 Å². The number of carbonyl (C=O) groups is 1. The highest BCUT2D eigenvalue weighted by atomic mass is 32.1. The van der Waals surface area contributed by atoms with Crippen molar-refractivity contribution in [3.05, 3.63) is 65.1 Å². The lowest BCUT2D eigenvalue weighted by molar-refractivity contribution is -0.243. The minimum absolute atomic E-state index is 0.00305. The summed E-state index contributed by atoms with van der Waals surface area (Å²) in [4.78, 5) is 24.1. The van der Waals surface area contributed by atoms with E-state index >= 15 is 0 Å². The third-order valence-corrected chi connectivity index (χ3v) is 13.7. The number of hydrogen-bond donors (Lipinski definition) is 5. The van der Waals surface area contributed by atoms with Gasteiger partial charge in [-0.05, 0) is 118 Å². The number of thiazole rings is 1. The Morgan fingerprint density at radius 2 is 1.79 bits per heavy atom. The van der Waals surface area contributed by atoms with Gasteiger partial charge in [-0.25, -0.2) is 14.8 Å². The first-order valence-electron chi connectivity index (χ1n) is 20.3. The van der Waals surface area contributed by atoms with E-state index in [0.29, 0.717) is 35.4 Å². The monoisotopic (exact) mass is 793 g/mol. The zero-order valence-corrected chi connectivity index (χ0v) is 34.5. The number of carboxylic acids is 1. The molecule has 4 aliphatic carbocycles. The van der Waals surface area contributed by atoms with Gasteiger partial charge in [-0.3, -0.25) is 5.10 Å². The molecule has 6 N–H and O–H groups in total. The molecule has 14 heteroatoms.